The largest absolute Gasteiger partial charge is 0.355 e. The zero-order valence-corrected chi connectivity index (χ0v) is 27.3. The molecule has 0 fully saturated rings. The van der Waals surface area contributed by atoms with Gasteiger partial charge in [-0.3, -0.25) is 0 Å². The first kappa shape index (κ1) is 30.1. The molecule has 6 aromatic carbocycles. The van der Waals surface area contributed by atoms with Gasteiger partial charge in [-0.2, -0.15) is 0 Å². The van der Waals surface area contributed by atoms with Crippen LogP contribution in [0.15, 0.2) is 170 Å². The first-order chi connectivity index (χ1) is 23.1. The second-order valence-electron chi connectivity index (χ2n) is 12.4. The number of anilines is 2. The van der Waals surface area contributed by atoms with Crippen molar-refractivity contribution in [3.8, 4) is 16.8 Å². The Balaban J connectivity index is 0.000000447. The molecule has 8 rings (SSSR count). The highest BCUT2D eigenvalue weighted by Gasteiger charge is 2.21. The van der Waals surface area contributed by atoms with Crippen LogP contribution >= 0.6 is 0 Å². The van der Waals surface area contributed by atoms with Crippen LogP contribution in [-0.4, -0.2) is 4.57 Å². The van der Waals surface area contributed by atoms with Gasteiger partial charge in [0.05, 0.1) is 11.0 Å². The van der Waals surface area contributed by atoms with Crippen molar-refractivity contribution in [2.45, 2.75) is 26.7 Å². The fraction of sp³-hybridized carbons (Fsp3) is 0.111. The number of nitrogens with zero attached hydrogens (tertiary/aromatic N) is 1. The minimum atomic E-state index is 0.366. The molecule has 1 aliphatic rings. The zero-order chi connectivity index (χ0) is 32.2. The van der Waals surface area contributed by atoms with E-state index in [0.717, 1.165) is 5.69 Å². The fourth-order valence-electron chi connectivity index (χ4n) is 6.83. The van der Waals surface area contributed by atoms with Crippen LogP contribution < -0.4 is 5.32 Å². The summed E-state index contributed by atoms with van der Waals surface area (Å²) in [5.74, 6) is 0.830. The van der Waals surface area contributed by atoms with Gasteiger partial charge in [-0.15, -0.1) is 0 Å². The summed E-state index contributed by atoms with van der Waals surface area (Å²) >= 11 is 0. The van der Waals surface area contributed by atoms with E-state index in [1.807, 2.05) is 18.2 Å². The summed E-state index contributed by atoms with van der Waals surface area (Å²) in [6.45, 7) is 6.60. The van der Waals surface area contributed by atoms with Crippen LogP contribution in [0.4, 0.5) is 11.4 Å². The minimum absolute atomic E-state index is 0.366. The number of hydrogen-bond acceptors (Lipinski definition) is 1. The van der Waals surface area contributed by atoms with Gasteiger partial charge in [0.1, 0.15) is 0 Å². The third kappa shape index (κ3) is 6.15. The van der Waals surface area contributed by atoms with Gasteiger partial charge in [0, 0.05) is 39.3 Å². The molecule has 1 N–H and O–H groups in total. The second kappa shape index (κ2) is 13.4. The molecule has 2 atom stereocenters. The Morgan fingerprint density at radius 1 is 0.574 bits per heavy atom. The van der Waals surface area contributed by atoms with Crippen molar-refractivity contribution >= 4 is 33.2 Å². The molecule has 230 valence electrons. The Morgan fingerprint density at radius 3 is 1.96 bits per heavy atom. The van der Waals surface area contributed by atoms with Crippen molar-refractivity contribution in [2.24, 2.45) is 5.92 Å². The van der Waals surface area contributed by atoms with Gasteiger partial charge in [0.25, 0.3) is 0 Å². The summed E-state index contributed by atoms with van der Waals surface area (Å²) in [5.41, 5.74) is 12.4. The Hall–Kier alpha value is -5.60. The molecule has 0 radical (unpaired) electrons. The number of fused-ring (bicyclic) bond motifs is 3. The molecule has 0 spiro atoms. The maximum Gasteiger partial charge on any atom is 0.0619 e. The van der Waals surface area contributed by atoms with Gasteiger partial charge in [0.2, 0.25) is 0 Å². The van der Waals surface area contributed by atoms with Crippen LogP contribution in [0.5, 0.6) is 0 Å². The molecule has 2 heteroatoms. The Labute approximate surface area is 278 Å². The number of hydrogen-bond donors (Lipinski definition) is 1. The fourth-order valence-corrected chi connectivity index (χ4v) is 6.83. The van der Waals surface area contributed by atoms with Gasteiger partial charge >= 0.3 is 0 Å². The van der Waals surface area contributed by atoms with E-state index in [1.54, 1.807) is 0 Å². The first-order valence-electron chi connectivity index (χ1n) is 16.5. The van der Waals surface area contributed by atoms with E-state index in [0.29, 0.717) is 11.8 Å². The van der Waals surface area contributed by atoms with Gasteiger partial charge in [0.15, 0.2) is 0 Å². The molecule has 0 bridgehead atoms. The van der Waals surface area contributed by atoms with E-state index in [4.69, 9.17) is 0 Å². The van der Waals surface area contributed by atoms with E-state index in [-0.39, 0.29) is 0 Å². The van der Waals surface area contributed by atoms with E-state index in [9.17, 15) is 0 Å². The molecule has 47 heavy (non-hydrogen) atoms. The van der Waals surface area contributed by atoms with Gasteiger partial charge < -0.3 is 9.88 Å². The molecule has 0 saturated heterocycles. The predicted molar refractivity (Wildman–Crippen MR) is 202 cm³/mol. The van der Waals surface area contributed by atoms with E-state index in [1.165, 1.54) is 61.0 Å². The number of aryl methyl sites for hydroxylation is 2. The Morgan fingerprint density at radius 2 is 1.23 bits per heavy atom. The van der Waals surface area contributed by atoms with E-state index in [2.05, 4.69) is 182 Å². The molecule has 0 aliphatic heterocycles. The average molecular weight is 609 g/mol. The van der Waals surface area contributed by atoms with Crippen LogP contribution in [0.2, 0.25) is 0 Å². The van der Waals surface area contributed by atoms with E-state index >= 15 is 0 Å². The van der Waals surface area contributed by atoms with Gasteiger partial charge in [-0.05, 0) is 72.9 Å². The minimum Gasteiger partial charge on any atom is -0.355 e. The van der Waals surface area contributed by atoms with Crippen LogP contribution in [0.1, 0.15) is 29.5 Å². The predicted octanol–water partition coefficient (Wildman–Crippen LogP) is 12.3. The van der Waals surface area contributed by atoms with Crippen LogP contribution in [0.25, 0.3) is 38.6 Å². The topological polar surface area (TPSA) is 17.0 Å². The summed E-state index contributed by atoms with van der Waals surface area (Å²) in [4.78, 5) is 0. The number of rotatable bonds is 5. The smallest absolute Gasteiger partial charge is 0.0619 e. The summed E-state index contributed by atoms with van der Waals surface area (Å²) in [5, 5.41) is 6.29. The third-order valence-corrected chi connectivity index (χ3v) is 9.19. The molecular formula is C45H40N2. The number of benzene rings is 6. The standard InChI is InChI=1S/C38H32N2.C7H8/c1-26-12-6-7-16-31(26)37-27(2)13-10-20-35(37)39-29-24-22-28(23-25-29)32-18-11-19-34-33-17-8-9-21-36(33)40(38(32)34)30-14-4-3-5-15-30;1-7-5-3-2-4-6-7/h3-26,31,39H,1-2H3;2-6H,1H3. The number of nitrogens with one attached hydrogen (secondary N) is 1. The average Bonchev–Trinajstić information content (AvgIpc) is 3.45. The normalized spacial score (nSPS) is 15.4. The Bertz CT molecular complexity index is 2190. The van der Waals surface area contributed by atoms with Crippen molar-refractivity contribution < 1.29 is 0 Å². The highest BCUT2D eigenvalue weighted by molar-refractivity contribution is 6.13. The lowest BCUT2D eigenvalue weighted by Gasteiger charge is -2.26. The molecule has 0 amide bonds. The number of aromatic nitrogens is 1. The summed E-state index contributed by atoms with van der Waals surface area (Å²) in [6, 6.07) is 51.8. The lowest BCUT2D eigenvalue weighted by atomic mass is 9.81. The maximum absolute atomic E-state index is 3.74. The van der Waals surface area contributed by atoms with Gasteiger partial charge in [-0.25, -0.2) is 0 Å². The SMILES string of the molecule is Cc1cccc(Nc2ccc(-c3cccc4c5ccccc5n(-c5ccccc5)c34)cc2)c1C1C=CC=CC1C.Cc1ccccc1. The third-order valence-electron chi connectivity index (χ3n) is 9.19. The van der Waals surface area contributed by atoms with Crippen LogP contribution in [0.3, 0.4) is 0 Å². The monoisotopic (exact) mass is 608 g/mol. The molecule has 7 aromatic rings. The highest BCUT2D eigenvalue weighted by Crippen LogP contribution is 2.40. The van der Waals surface area contributed by atoms with Crippen molar-refractivity contribution in [2.75, 3.05) is 5.32 Å². The zero-order valence-electron chi connectivity index (χ0n) is 27.3. The Kier molecular flexibility index (Phi) is 8.58. The van der Waals surface area contributed by atoms with E-state index < -0.39 is 0 Å². The van der Waals surface area contributed by atoms with Crippen molar-refractivity contribution in [3.05, 3.63) is 187 Å². The molecule has 1 heterocycles. The molecule has 1 aromatic heterocycles. The summed E-state index contributed by atoms with van der Waals surface area (Å²) in [6.07, 6.45) is 8.95. The highest BCUT2D eigenvalue weighted by atomic mass is 15.0. The lowest BCUT2D eigenvalue weighted by molar-refractivity contribution is 0.634. The summed E-state index contributed by atoms with van der Waals surface area (Å²) < 4.78 is 2.40. The molecule has 0 saturated carbocycles. The number of allylic oxidation sites excluding steroid dienone is 4. The molecule has 2 nitrogen and oxygen atoms in total. The molecule has 1 aliphatic carbocycles. The van der Waals surface area contributed by atoms with Crippen molar-refractivity contribution in [3.63, 3.8) is 0 Å². The lowest BCUT2D eigenvalue weighted by Crippen LogP contribution is -2.11. The molecule has 2 unspecified atom stereocenters. The summed E-state index contributed by atoms with van der Waals surface area (Å²) in [7, 11) is 0. The van der Waals surface area contributed by atoms with Crippen molar-refractivity contribution in [1.29, 1.82) is 0 Å². The second-order valence-corrected chi connectivity index (χ2v) is 12.4. The number of para-hydroxylation sites is 3. The van der Waals surface area contributed by atoms with Crippen molar-refractivity contribution in [1.82, 2.24) is 4.57 Å². The van der Waals surface area contributed by atoms with Gasteiger partial charge in [-0.1, -0.05) is 146 Å². The quantitative estimate of drug-likeness (QED) is 0.206. The molecular weight excluding hydrogens is 569 g/mol. The first-order valence-corrected chi connectivity index (χ1v) is 16.5. The maximum atomic E-state index is 3.74. The van der Waals surface area contributed by atoms with Crippen LogP contribution in [-0.2, 0) is 0 Å². The van der Waals surface area contributed by atoms with Crippen LogP contribution in [0, 0.1) is 19.8 Å².